The first kappa shape index (κ1) is 14.5. The molecule has 1 fully saturated rings. The number of halogens is 1. The molecule has 0 aliphatic carbocycles. The molecule has 1 aromatic heterocycles. The number of carbonyl (C=O) groups is 2. The van der Waals surface area contributed by atoms with Gasteiger partial charge in [-0.3, -0.25) is 14.7 Å². The molecule has 2 aromatic rings. The van der Waals surface area contributed by atoms with E-state index >= 15 is 0 Å². The van der Waals surface area contributed by atoms with Gasteiger partial charge < -0.3 is 5.32 Å². The Labute approximate surface area is 132 Å². The van der Waals surface area contributed by atoms with Gasteiger partial charge in [-0.05, 0) is 36.8 Å². The number of pyridine rings is 1. The number of benzene rings is 1. The molecule has 6 heteroatoms. The maximum atomic E-state index is 12.7. The van der Waals surface area contributed by atoms with Crippen LogP contribution in [0.5, 0.6) is 0 Å². The standard InChI is InChI=1S/C16H14ClN3O2/c1-16(13-4-2-3-9-18-13)14(21)20(15(22)19-16)10-11-5-7-12(17)8-6-11/h2-9H,10H2,1H3,(H,19,22)/t16-/m1/s1. The number of carbonyl (C=O) groups excluding carboxylic acids is 2. The van der Waals surface area contributed by atoms with Crippen LogP contribution in [0.4, 0.5) is 4.79 Å². The van der Waals surface area contributed by atoms with Crippen LogP contribution >= 0.6 is 11.6 Å². The summed E-state index contributed by atoms with van der Waals surface area (Å²) in [6, 6.07) is 11.9. The molecule has 0 saturated carbocycles. The van der Waals surface area contributed by atoms with Crippen molar-refractivity contribution in [3.8, 4) is 0 Å². The van der Waals surface area contributed by atoms with Crippen LogP contribution in [0.1, 0.15) is 18.2 Å². The molecule has 0 bridgehead atoms. The van der Waals surface area contributed by atoms with Crippen molar-refractivity contribution in [2.24, 2.45) is 0 Å². The molecule has 3 rings (SSSR count). The van der Waals surface area contributed by atoms with E-state index in [1.807, 2.05) is 0 Å². The zero-order valence-corrected chi connectivity index (χ0v) is 12.7. The summed E-state index contributed by atoms with van der Waals surface area (Å²) in [7, 11) is 0. The lowest BCUT2D eigenvalue weighted by Gasteiger charge is -2.20. The predicted octanol–water partition coefficient (Wildman–Crippen LogP) is 2.70. The summed E-state index contributed by atoms with van der Waals surface area (Å²) < 4.78 is 0. The third kappa shape index (κ3) is 2.44. The summed E-state index contributed by atoms with van der Waals surface area (Å²) >= 11 is 5.84. The minimum Gasteiger partial charge on any atom is -0.318 e. The quantitative estimate of drug-likeness (QED) is 0.886. The van der Waals surface area contributed by atoms with Gasteiger partial charge in [0.2, 0.25) is 0 Å². The maximum Gasteiger partial charge on any atom is 0.325 e. The lowest BCUT2D eigenvalue weighted by Crippen LogP contribution is -2.41. The number of rotatable bonds is 3. The van der Waals surface area contributed by atoms with Crippen LogP contribution in [0.3, 0.4) is 0 Å². The average molecular weight is 316 g/mol. The van der Waals surface area contributed by atoms with Crippen molar-refractivity contribution in [2.75, 3.05) is 0 Å². The largest absolute Gasteiger partial charge is 0.325 e. The van der Waals surface area contributed by atoms with E-state index in [2.05, 4.69) is 10.3 Å². The molecule has 1 aliphatic heterocycles. The van der Waals surface area contributed by atoms with Crippen LogP contribution in [-0.4, -0.2) is 21.8 Å². The van der Waals surface area contributed by atoms with Crippen molar-refractivity contribution in [3.63, 3.8) is 0 Å². The fraction of sp³-hybridized carbons (Fsp3) is 0.188. The smallest absolute Gasteiger partial charge is 0.318 e. The third-order valence-electron chi connectivity index (χ3n) is 3.71. The first-order valence-corrected chi connectivity index (χ1v) is 7.18. The van der Waals surface area contributed by atoms with Crippen molar-refractivity contribution in [3.05, 3.63) is 64.9 Å². The Morgan fingerprint density at radius 3 is 2.55 bits per heavy atom. The van der Waals surface area contributed by atoms with Crippen molar-refractivity contribution >= 4 is 23.5 Å². The Balaban J connectivity index is 1.87. The topological polar surface area (TPSA) is 62.3 Å². The number of hydrogen-bond donors (Lipinski definition) is 1. The second-order valence-electron chi connectivity index (χ2n) is 5.29. The van der Waals surface area contributed by atoms with E-state index in [4.69, 9.17) is 11.6 Å². The van der Waals surface area contributed by atoms with E-state index in [9.17, 15) is 9.59 Å². The molecule has 0 spiro atoms. The number of amides is 3. The molecule has 3 amide bonds. The monoisotopic (exact) mass is 315 g/mol. The van der Waals surface area contributed by atoms with E-state index in [1.54, 1.807) is 55.6 Å². The van der Waals surface area contributed by atoms with Crippen LogP contribution < -0.4 is 5.32 Å². The highest BCUT2D eigenvalue weighted by atomic mass is 35.5. The Kier molecular flexibility index (Phi) is 3.58. The highest BCUT2D eigenvalue weighted by molar-refractivity contribution is 6.30. The SMILES string of the molecule is C[C@]1(c2ccccn2)NC(=O)N(Cc2ccc(Cl)cc2)C1=O. The number of hydrogen-bond acceptors (Lipinski definition) is 3. The second kappa shape index (κ2) is 5.42. The van der Waals surface area contributed by atoms with Gasteiger partial charge in [-0.1, -0.05) is 29.8 Å². The molecular formula is C16H14ClN3O2. The van der Waals surface area contributed by atoms with Gasteiger partial charge in [-0.25, -0.2) is 4.79 Å². The summed E-state index contributed by atoms with van der Waals surface area (Å²) in [5, 5.41) is 3.34. The van der Waals surface area contributed by atoms with Crippen molar-refractivity contribution in [2.45, 2.75) is 19.0 Å². The fourth-order valence-electron chi connectivity index (χ4n) is 2.45. The molecule has 1 aliphatic rings. The minimum atomic E-state index is -1.13. The van der Waals surface area contributed by atoms with Gasteiger partial charge in [0.15, 0.2) is 5.54 Å². The van der Waals surface area contributed by atoms with Crippen LogP contribution in [0, 0.1) is 0 Å². The fourth-order valence-corrected chi connectivity index (χ4v) is 2.57. The van der Waals surface area contributed by atoms with Gasteiger partial charge in [0.25, 0.3) is 5.91 Å². The summed E-state index contributed by atoms with van der Waals surface area (Å²) in [5.41, 5.74) is 0.218. The number of urea groups is 1. The summed E-state index contributed by atoms with van der Waals surface area (Å²) in [5.74, 6) is -0.314. The number of nitrogens with zero attached hydrogens (tertiary/aromatic N) is 2. The summed E-state index contributed by atoms with van der Waals surface area (Å²) in [6.45, 7) is 1.86. The average Bonchev–Trinajstić information content (AvgIpc) is 2.75. The molecule has 1 atom stereocenters. The van der Waals surface area contributed by atoms with Crippen LogP contribution in [-0.2, 0) is 16.9 Å². The predicted molar refractivity (Wildman–Crippen MR) is 82.1 cm³/mol. The summed E-state index contributed by atoms with van der Waals surface area (Å²) in [4.78, 5) is 30.3. The van der Waals surface area contributed by atoms with Gasteiger partial charge in [-0.15, -0.1) is 0 Å². The molecule has 1 saturated heterocycles. The van der Waals surface area contributed by atoms with E-state index in [-0.39, 0.29) is 12.5 Å². The Bertz CT molecular complexity index is 718. The van der Waals surface area contributed by atoms with Crippen molar-refractivity contribution < 1.29 is 9.59 Å². The zero-order valence-electron chi connectivity index (χ0n) is 11.9. The second-order valence-corrected chi connectivity index (χ2v) is 5.72. The molecule has 5 nitrogen and oxygen atoms in total. The number of aromatic nitrogens is 1. The van der Waals surface area contributed by atoms with Crippen LogP contribution in [0.2, 0.25) is 5.02 Å². The maximum absolute atomic E-state index is 12.7. The van der Waals surface area contributed by atoms with Gasteiger partial charge in [0, 0.05) is 11.2 Å². The molecule has 2 heterocycles. The van der Waals surface area contributed by atoms with Gasteiger partial charge in [-0.2, -0.15) is 0 Å². The Hall–Kier alpha value is -2.40. The van der Waals surface area contributed by atoms with Gasteiger partial charge in [0.1, 0.15) is 0 Å². The Morgan fingerprint density at radius 2 is 1.91 bits per heavy atom. The van der Waals surface area contributed by atoms with Crippen molar-refractivity contribution in [1.82, 2.24) is 15.2 Å². The van der Waals surface area contributed by atoms with Gasteiger partial charge in [0.05, 0.1) is 12.2 Å². The van der Waals surface area contributed by atoms with Crippen molar-refractivity contribution in [1.29, 1.82) is 0 Å². The lowest BCUT2D eigenvalue weighted by atomic mass is 9.97. The number of nitrogens with one attached hydrogen (secondary N) is 1. The van der Waals surface area contributed by atoms with Crippen LogP contribution in [0.25, 0.3) is 0 Å². The summed E-state index contributed by atoms with van der Waals surface area (Å²) in [6.07, 6.45) is 1.60. The van der Waals surface area contributed by atoms with Crippen LogP contribution in [0.15, 0.2) is 48.7 Å². The van der Waals surface area contributed by atoms with E-state index in [0.29, 0.717) is 10.7 Å². The molecule has 1 aromatic carbocycles. The first-order chi connectivity index (χ1) is 10.5. The van der Waals surface area contributed by atoms with E-state index in [1.165, 1.54) is 4.90 Å². The van der Waals surface area contributed by atoms with E-state index < -0.39 is 11.6 Å². The lowest BCUT2D eigenvalue weighted by molar-refractivity contribution is -0.131. The third-order valence-corrected chi connectivity index (χ3v) is 3.96. The minimum absolute atomic E-state index is 0.199. The molecule has 112 valence electrons. The zero-order chi connectivity index (χ0) is 15.7. The van der Waals surface area contributed by atoms with Gasteiger partial charge >= 0.3 is 6.03 Å². The normalized spacial score (nSPS) is 21.1. The molecule has 0 radical (unpaired) electrons. The molecular weight excluding hydrogens is 302 g/mol. The number of imide groups is 1. The highest BCUT2D eigenvalue weighted by Crippen LogP contribution is 2.28. The first-order valence-electron chi connectivity index (χ1n) is 6.81. The molecule has 0 unspecified atom stereocenters. The molecule has 1 N–H and O–H groups in total. The Morgan fingerprint density at radius 1 is 1.18 bits per heavy atom. The highest BCUT2D eigenvalue weighted by Gasteiger charge is 2.49. The van der Waals surface area contributed by atoms with E-state index in [0.717, 1.165) is 5.56 Å². The molecule has 22 heavy (non-hydrogen) atoms.